The van der Waals surface area contributed by atoms with Crippen molar-refractivity contribution in [3.8, 4) is 5.75 Å². The van der Waals surface area contributed by atoms with Crippen molar-refractivity contribution in [2.75, 3.05) is 31.4 Å². The van der Waals surface area contributed by atoms with E-state index in [1.54, 1.807) is 7.11 Å². The van der Waals surface area contributed by atoms with E-state index in [0.717, 1.165) is 39.5 Å². The van der Waals surface area contributed by atoms with E-state index in [4.69, 9.17) is 9.84 Å². The zero-order valence-electron chi connectivity index (χ0n) is 22.4. The van der Waals surface area contributed by atoms with Gasteiger partial charge in [-0.05, 0) is 66.1 Å². The van der Waals surface area contributed by atoms with Crippen molar-refractivity contribution in [2.24, 2.45) is 10.1 Å². The maximum atomic E-state index is 12.9. The minimum Gasteiger partial charge on any atom is -0.497 e. The predicted molar refractivity (Wildman–Crippen MR) is 158 cm³/mol. The average Bonchev–Trinajstić information content (AvgIpc) is 3.54. The number of anilines is 2. The van der Waals surface area contributed by atoms with E-state index in [1.165, 1.54) is 11.8 Å². The van der Waals surface area contributed by atoms with Crippen molar-refractivity contribution in [1.29, 1.82) is 0 Å². The average molecular weight is 542 g/mol. The molecule has 9 heteroatoms. The van der Waals surface area contributed by atoms with Gasteiger partial charge in [0.25, 0.3) is 5.91 Å². The molecular weight excluding hydrogens is 510 g/mol. The third-order valence-electron chi connectivity index (χ3n) is 6.84. The Labute approximate surface area is 232 Å². The number of methoxy groups -OCH3 is 1. The quantitative estimate of drug-likeness (QED) is 0.440. The molecule has 2 heterocycles. The molecule has 0 saturated heterocycles. The fourth-order valence-corrected chi connectivity index (χ4v) is 5.65. The molecule has 2 unspecified atom stereocenters. The van der Waals surface area contributed by atoms with Crippen LogP contribution in [0.5, 0.6) is 5.75 Å². The maximum absolute atomic E-state index is 12.9. The van der Waals surface area contributed by atoms with Crippen molar-refractivity contribution in [2.45, 2.75) is 31.1 Å². The first kappa shape index (κ1) is 26.5. The second kappa shape index (κ2) is 11.3. The monoisotopic (exact) mass is 541 g/mol. The van der Waals surface area contributed by atoms with Crippen LogP contribution in [0.25, 0.3) is 0 Å². The Morgan fingerprint density at radius 3 is 2.46 bits per heavy atom. The van der Waals surface area contributed by atoms with Gasteiger partial charge in [-0.3, -0.25) is 9.59 Å². The van der Waals surface area contributed by atoms with Crippen molar-refractivity contribution in [1.82, 2.24) is 5.01 Å². The number of hydrogen-bond donors (Lipinski definition) is 1. The molecular formula is C30H31N5O3S. The zero-order valence-corrected chi connectivity index (χ0v) is 23.2. The number of ether oxygens (including phenoxy) is 1. The Hall–Kier alpha value is -4.11. The van der Waals surface area contributed by atoms with Crippen LogP contribution in [-0.2, 0) is 9.59 Å². The van der Waals surface area contributed by atoms with Crippen LogP contribution in [0.15, 0.2) is 82.9 Å². The van der Waals surface area contributed by atoms with Gasteiger partial charge in [-0.1, -0.05) is 42.1 Å². The Balaban J connectivity index is 1.37. The van der Waals surface area contributed by atoms with E-state index in [0.29, 0.717) is 11.6 Å². The Kier molecular flexibility index (Phi) is 7.70. The molecule has 2 amide bonds. The second-order valence-corrected chi connectivity index (χ2v) is 10.9. The van der Waals surface area contributed by atoms with Gasteiger partial charge in [0.05, 0.1) is 18.9 Å². The standard InChI is InChI=1S/C30H31N5O3S/c1-19-7-5-6-8-24(19)31-28(36)18-27-29(37)32-30(39-27)35-26(21-9-13-22(14-10-21)34(2)3)17-25(33-35)20-11-15-23(38-4)16-12-20/h5-16,26-27H,17-18H2,1-4H3,(H,31,36). The third kappa shape index (κ3) is 5.83. The lowest BCUT2D eigenvalue weighted by Crippen LogP contribution is -2.25. The second-order valence-electron chi connectivity index (χ2n) is 9.73. The summed E-state index contributed by atoms with van der Waals surface area (Å²) in [7, 11) is 5.65. The van der Waals surface area contributed by atoms with Gasteiger partial charge in [-0.2, -0.15) is 10.1 Å². The van der Waals surface area contributed by atoms with Gasteiger partial charge < -0.3 is 15.0 Å². The SMILES string of the molecule is COc1ccc(C2=NN(C3=NC(=O)C(CC(=O)Nc4ccccc4C)S3)C(c3ccc(N(C)C)cc3)C2)cc1. The van der Waals surface area contributed by atoms with Gasteiger partial charge in [0.1, 0.15) is 11.0 Å². The highest BCUT2D eigenvalue weighted by molar-refractivity contribution is 8.15. The van der Waals surface area contributed by atoms with E-state index in [1.807, 2.05) is 74.6 Å². The van der Waals surface area contributed by atoms with Crippen molar-refractivity contribution in [3.63, 3.8) is 0 Å². The maximum Gasteiger partial charge on any atom is 0.262 e. The smallest absolute Gasteiger partial charge is 0.262 e. The van der Waals surface area contributed by atoms with Crippen LogP contribution in [0.1, 0.15) is 35.6 Å². The number of aliphatic imine (C=N–C) groups is 1. The first-order valence-electron chi connectivity index (χ1n) is 12.8. The number of carbonyl (C=O) groups is 2. The van der Waals surface area contributed by atoms with E-state index in [-0.39, 0.29) is 24.3 Å². The Bertz CT molecular complexity index is 1430. The summed E-state index contributed by atoms with van der Waals surface area (Å²) < 4.78 is 5.31. The van der Waals surface area contributed by atoms with Crippen LogP contribution in [0, 0.1) is 6.92 Å². The van der Waals surface area contributed by atoms with Gasteiger partial charge in [0, 0.05) is 38.3 Å². The van der Waals surface area contributed by atoms with Crippen molar-refractivity contribution >= 4 is 45.8 Å². The minimum absolute atomic E-state index is 0.0376. The largest absolute Gasteiger partial charge is 0.497 e. The summed E-state index contributed by atoms with van der Waals surface area (Å²) in [5.41, 5.74) is 5.77. The molecule has 39 heavy (non-hydrogen) atoms. The molecule has 0 spiro atoms. The lowest BCUT2D eigenvalue weighted by atomic mass is 9.98. The fourth-order valence-electron chi connectivity index (χ4n) is 4.59. The highest BCUT2D eigenvalue weighted by atomic mass is 32.2. The number of nitrogens with zero attached hydrogens (tertiary/aromatic N) is 4. The molecule has 0 saturated carbocycles. The number of amidine groups is 1. The van der Waals surface area contributed by atoms with Gasteiger partial charge >= 0.3 is 0 Å². The number of nitrogens with one attached hydrogen (secondary N) is 1. The minimum atomic E-state index is -0.596. The van der Waals surface area contributed by atoms with E-state index in [2.05, 4.69) is 39.5 Å². The van der Waals surface area contributed by atoms with E-state index >= 15 is 0 Å². The lowest BCUT2D eigenvalue weighted by Gasteiger charge is -2.24. The summed E-state index contributed by atoms with van der Waals surface area (Å²) >= 11 is 1.30. The molecule has 5 rings (SSSR count). The molecule has 2 aliphatic heterocycles. The summed E-state index contributed by atoms with van der Waals surface area (Å²) in [6.07, 6.45) is 0.690. The fraction of sp³-hybridized carbons (Fsp3) is 0.267. The first-order chi connectivity index (χ1) is 18.8. The molecule has 8 nitrogen and oxygen atoms in total. The van der Waals surface area contributed by atoms with Crippen LogP contribution < -0.4 is 15.0 Å². The van der Waals surface area contributed by atoms with Crippen LogP contribution >= 0.6 is 11.8 Å². The van der Waals surface area contributed by atoms with Gasteiger partial charge in [-0.15, -0.1) is 0 Å². The summed E-state index contributed by atoms with van der Waals surface area (Å²) in [4.78, 5) is 32.1. The number of benzene rings is 3. The topological polar surface area (TPSA) is 86.6 Å². The van der Waals surface area contributed by atoms with E-state index < -0.39 is 5.25 Å². The predicted octanol–water partition coefficient (Wildman–Crippen LogP) is 5.25. The molecule has 3 aromatic carbocycles. The molecule has 1 N–H and O–H groups in total. The Morgan fingerprint density at radius 1 is 1.08 bits per heavy atom. The molecule has 2 atom stereocenters. The van der Waals surface area contributed by atoms with Crippen LogP contribution in [0.4, 0.5) is 11.4 Å². The molecule has 2 aliphatic rings. The molecule has 0 fully saturated rings. The number of thioether (sulfide) groups is 1. The van der Waals surface area contributed by atoms with Gasteiger partial charge in [0.15, 0.2) is 5.17 Å². The van der Waals surface area contributed by atoms with Gasteiger partial charge in [0.2, 0.25) is 5.91 Å². The summed E-state index contributed by atoms with van der Waals surface area (Å²) in [5.74, 6) is 0.245. The van der Waals surface area contributed by atoms with Crippen LogP contribution in [0.2, 0.25) is 0 Å². The molecule has 3 aromatic rings. The van der Waals surface area contributed by atoms with E-state index in [9.17, 15) is 9.59 Å². The number of amides is 2. The number of aryl methyl sites for hydroxylation is 1. The van der Waals surface area contributed by atoms with Crippen molar-refractivity contribution < 1.29 is 14.3 Å². The van der Waals surface area contributed by atoms with Gasteiger partial charge in [-0.25, -0.2) is 5.01 Å². The Morgan fingerprint density at radius 2 is 1.79 bits per heavy atom. The molecule has 0 radical (unpaired) electrons. The number of carbonyl (C=O) groups excluding carboxylic acids is 2. The number of hydrazone groups is 1. The highest BCUT2D eigenvalue weighted by Crippen LogP contribution is 2.39. The molecule has 0 aromatic heterocycles. The molecule has 0 bridgehead atoms. The molecule has 200 valence electrons. The highest BCUT2D eigenvalue weighted by Gasteiger charge is 2.39. The number of rotatable bonds is 7. The summed E-state index contributed by atoms with van der Waals surface area (Å²) in [6, 6.07) is 23.6. The normalized spacial score (nSPS) is 18.6. The zero-order chi connectivity index (χ0) is 27.5. The summed E-state index contributed by atoms with van der Waals surface area (Å²) in [5, 5.41) is 9.61. The van der Waals surface area contributed by atoms with Crippen LogP contribution in [0.3, 0.4) is 0 Å². The van der Waals surface area contributed by atoms with Crippen molar-refractivity contribution in [3.05, 3.63) is 89.5 Å². The molecule has 0 aliphatic carbocycles. The number of hydrogen-bond acceptors (Lipinski definition) is 7. The van der Waals surface area contributed by atoms with Crippen LogP contribution in [-0.4, -0.2) is 54.2 Å². The lowest BCUT2D eigenvalue weighted by molar-refractivity contribution is -0.121. The third-order valence-corrected chi connectivity index (χ3v) is 7.98. The number of para-hydroxylation sites is 1. The summed E-state index contributed by atoms with van der Waals surface area (Å²) in [6.45, 7) is 1.93. The first-order valence-corrected chi connectivity index (χ1v) is 13.6.